The van der Waals surface area contributed by atoms with Gasteiger partial charge < -0.3 is 0 Å². The van der Waals surface area contributed by atoms with Crippen LogP contribution in [0.4, 0.5) is 0 Å². The normalized spacial score (nSPS) is 11.4. The summed E-state index contributed by atoms with van der Waals surface area (Å²) in [5.41, 5.74) is 0. The molecule has 0 aliphatic carbocycles. The monoisotopic (exact) mass is 304 g/mol. The van der Waals surface area contributed by atoms with Crippen LogP contribution in [0.25, 0.3) is 0 Å². The Hall–Kier alpha value is 0.700. The zero-order chi connectivity index (χ0) is 14.2. The van der Waals surface area contributed by atoms with E-state index >= 15 is 0 Å². The molecule has 0 saturated carbocycles. The highest BCUT2D eigenvalue weighted by Gasteiger charge is 1.96. The van der Waals surface area contributed by atoms with Crippen LogP contribution in [0.3, 0.4) is 0 Å². The van der Waals surface area contributed by atoms with Gasteiger partial charge in [0.2, 0.25) is 0 Å². The molecule has 0 radical (unpaired) electrons. The second kappa shape index (κ2) is 16.8. The quantitative estimate of drug-likeness (QED) is 0.181. The molecule has 0 fully saturated rings. The van der Waals surface area contributed by atoms with Crippen molar-refractivity contribution in [3.05, 3.63) is 0 Å². The van der Waals surface area contributed by atoms with Gasteiger partial charge in [0.15, 0.2) is 0 Å². The molecule has 0 heterocycles. The molecule has 0 aromatic rings. The molecule has 0 aliphatic rings. The van der Waals surface area contributed by atoms with Crippen LogP contribution in [0.2, 0.25) is 0 Å². The Balaban J connectivity index is 2.91. The van der Waals surface area contributed by atoms with Crippen molar-refractivity contribution in [3.8, 4) is 0 Å². The van der Waals surface area contributed by atoms with Gasteiger partial charge in [-0.05, 0) is 6.42 Å². The summed E-state index contributed by atoms with van der Waals surface area (Å²) in [4.78, 5) is 0. The summed E-state index contributed by atoms with van der Waals surface area (Å²) in [5, 5.41) is 0. The molecule has 0 aromatic heterocycles. The van der Waals surface area contributed by atoms with Gasteiger partial charge in [0, 0.05) is 4.58 Å². The summed E-state index contributed by atoms with van der Waals surface area (Å²) in [6.07, 6.45) is 21.1. The highest BCUT2D eigenvalue weighted by molar-refractivity contribution is 7.99. The van der Waals surface area contributed by atoms with Crippen LogP contribution in [0, 0.1) is 0 Å². The Morgan fingerprint density at radius 1 is 0.526 bits per heavy atom. The van der Waals surface area contributed by atoms with Crippen LogP contribution in [0.1, 0.15) is 103 Å². The first-order valence-electron chi connectivity index (χ1n) is 8.63. The van der Waals surface area contributed by atoms with Gasteiger partial charge >= 0.3 is 0 Å². The number of hydrogen-bond acceptors (Lipinski definition) is 2. The Kier molecular flexibility index (Phi) is 17.4. The van der Waals surface area contributed by atoms with E-state index in [1.54, 1.807) is 0 Å². The van der Waals surface area contributed by atoms with Gasteiger partial charge in [0.05, 0.1) is 0 Å². The third kappa shape index (κ3) is 18.7. The second-order valence-corrected chi connectivity index (χ2v) is 7.52. The van der Waals surface area contributed by atoms with Crippen molar-refractivity contribution >= 4 is 25.3 Å². The molecule has 0 rings (SSSR count). The molecule has 2 heteroatoms. The van der Waals surface area contributed by atoms with Gasteiger partial charge in [-0.3, -0.25) is 0 Å². The minimum atomic E-state index is 0.289. The van der Waals surface area contributed by atoms with E-state index in [1.807, 2.05) is 0 Å². The van der Waals surface area contributed by atoms with Gasteiger partial charge in [0.1, 0.15) is 0 Å². The van der Waals surface area contributed by atoms with Crippen molar-refractivity contribution < 1.29 is 0 Å². The Labute approximate surface area is 133 Å². The maximum atomic E-state index is 4.28. The Morgan fingerprint density at radius 3 is 1.16 bits per heavy atom. The van der Waals surface area contributed by atoms with Crippen LogP contribution in [0.5, 0.6) is 0 Å². The fourth-order valence-electron chi connectivity index (χ4n) is 2.52. The Morgan fingerprint density at radius 2 is 0.842 bits per heavy atom. The minimum absolute atomic E-state index is 0.289. The first kappa shape index (κ1) is 19.7. The van der Waals surface area contributed by atoms with Gasteiger partial charge in [-0.1, -0.05) is 96.8 Å². The van der Waals surface area contributed by atoms with Crippen molar-refractivity contribution in [2.24, 2.45) is 0 Å². The third-order valence-electron chi connectivity index (χ3n) is 3.82. The summed E-state index contributed by atoms with van der Waals surface area (Å²) in [5.74, 6) is 0. The third-order valence-corrected chi connectivity index (χ3v) is 4.33. The van der Waals surface area contributed by atoms with Crippen LogP contribution >= 0.6 is 25.3 Å². The van der Waals surface area contributed by atoms with E-state index in [0.717, 1.165) is 6.42 Å². The molecule has 0 aliphatic heterocycles. The fourth-order valence-corrected chi connectivity index (χ4v) is 2.89. The topological polar surface area (TPSA) is 0 Å². The SMILES string of the molecule is CCCCCCCCCCCCCCCCC(S)S. The maximum Gasteiger partial charge on any atom is 0.0442 e. The summed E-state index contributed by atoms with van der Waals surface area (Å²) in [6.45, 7) is 2.29. The van der Waals surface area contributed by atoms with Crippen molar-refractivity contribution in [2.75, 3.05) is 0 Å². The smallest absolute Gasteiger partial charge is 0.0442 e. The van der Waals surface area contributed by atoms with Gasteiger partial charge in [0.25, 0.3) is 0 Å². The van der Waals surface area contributed by atoms with E-state index in [1.165, 1.54) is 89.9 Å². The van der Waals surface area contributed by atoms with Gasteiger partial charge in [-0.2, -0.15) is 25.3 Å². The lowest BCUT2D eigenvalue weighted by atomic mass is 10.0. The molecular weight excluding hydrogens is 268 g/mol. The molecule has 0 aromatic carbocycles. The first-order chi connectivity index (χ1) is 9.27. The van der Waals surface area contributed by atoms with E-state index in [9.17, 15) is 0 Å². The van der Waals surface area contributed by atoms with Crippen LogP contribution in [-0.4, -0.2) is 4.58 Å². The lowest BCUT2D eigenvalue weighted by Crippen LogP contribution is -1.87. The molecule has 0 atom stereocenters. The van der Waals surface area contributed by atoms with Crippen LogP contribution < -0.4 is 0 Å². The number of rotatable bonds is 15. The zero-order valence-electron chi connectivity index (χ0n) is 13.1. The van der Waals surface area contributed by atoms with E-state index in [0.29, 0.717) is 0 Å². The van der Waals surface area contributed by atoms with Crippen molar-refractivity contribution in [3.63, 3.8) is 0 Å². The standard InChI is InChI=1S/C17H36S2/c1-2-3-4-5-6-7-8-9-10-11-12-13-14-15-16-17(18)19/h17-19H,2-16H2,1H3. The maximum absolute atomic E-state index is 4.28. The van der Waals surface area contributed by atoms with E-state index in [4.69, 9.17) is 0 Å². The summed E-state index contributed by atoms with van der Waals surface area (Å²) in [7, 11) is 0. The fraction of sp³-hybridized carbons (Fsp3) is 1.00. The van der Waals surface area contributed by atoms with E-state index in [-0.39, 0.29) is 4.58 Å². The number of hydrogen-bond donors (Lipinski definition) is 2. The molecule has 0 spiro atoms. The Bertz CT molecular complexity index is 157. The van der Waals surface area contributed by atoms with Crippen LogP contribution in [0.15, 0.2) is 0 Å². The molecule has 116 valence electrons. The lowest BCUT2D eigenvalue weighted by molar-refractivity contribution is 0.534. The predicted octanol–water partition coefficient (Wildman–Crippen LogP) is 7.04. The average Bonchev–Trinajstić information content (AvgIpc) is 2.39. The zero-order valence-corrected chi connectivity index (χ0v) is 14.9. The molecule has 0 nitrogen and oxygen atoms in total. The van der Waals surface area contributed by atoms with Crippen molar-refractivity contribution in [2.45, 2.75) is 108 Å². The second-order valence-electron chi connectivity index (χ2n) is 5.87. The average molecular weight is 305 g/mol. The molecule has 0 bridgehead atoms. The summed E-state index contributed by atoms with van der Waals surface area (Å²) in [6, 6.07) is 0. The number of unbranched alkanes of at least 4 members (excludes halogenated alkanes) is 13. The molecular formula is C17H36S2. The van der Waals surface area contributed by atoms with Crippen LogP contribution in [-0.2, 0) is 0 Å². The molecule has 0 amide bonds. The highest BCUT2D eigenvalue weighted by atomic mass is 32.2. The lowest BCUT2D eigenvalue weighted by Gasteiger charge is -2.04. The van der Waals surface area contributed by atoms with Crippen molar-refractivity contribution in [1.82, 2.24) is 0 Å². The van der Waals surface area contributed by atoms with Gasteiger partial charge in [-0.25, -0.2) is 0 Å². The number of thiol groups is 2. The predicted molar refractivity (Wildman–Crippen MR) is 96.7 cm³/mol. The van der Waals surface area contributed by atoms with E-state index in [2.05, 4.69) is 32.2 Å². The van der Waals surface area contributed by atoms with Gasteiger partial charge in [-0.15, -0.1) is 0 Å². The molecule has 19 heavy (non-hydrogen) atoms. The molecule has 0 N–H and O–H groups in total. The first-order valence-corrected chi connectivity index (χ1v) is 9.66. The summed E-state index contributed by atoms with van der Waals surface area (Å²) < 4.78 is 0.289. The largest absolute Gasteiger partial charge is 0.165 e. The summed E-state index contributed by atoms with van der Waals surface area (Å²) >= 11 is 8.56. The van der Waals surface area contributed by atoms with Crippen molar-refractivity contribution in [1.29, 1.82) is 0 Å². The minimum Gasteiger partial charge on any atom is -0.165 e. The van der Waals surface area contributed by atoms with E-state index < -0.39 is 0 Å². The molecule has 0 unspecified atom stereocenters. The highest BCUT2D eigenvalue weighted by Crippen LogP contribution is 2.15. The molecule has 0 saturated heterocycles.